The fraction of sp³-hybridized carbons (Fsp3) is 0.700. The van der Waals surface area contributed by atoms with Crippen LogP contribution in [0.15, 0.2) is 18.3 Å². The number of urea groups is 1. The molecule has 2 amide bonds. The third-order valence-electron chi connectivity index (χ3n) is 4.67. The number of rotatable bonds is 10. The van der Waals surface area contributed by atoms with Gasteiger partial charge in [-0.05, 0) is 36.8 Å². The smallest absolute Gasteiger partial charge is 0.315 e. The lowest BCUT2D eigenvalue weighted by Crippen LogP contribution is -2.41. The second kappa shape index (κ2) is 11.8. The van der Waals surface area contributed by atoms with E-state index in [4.69, 9.17) is 9.47 Å². The molecule has 2 unspecified atom stereocenters. The van der Waals surface area contributed by atoms with Crippen LogP contribution in [0.5, 0.6) is 5.88 Å². The molecule has 0 bridgehead atoms. The molecule has 152 valence electrons. The number of amides is 2. The van der Waals surface area contributed by atoms with Crippen molar-refractivity contribution in [3.05, 3.63) is 23.9 Å². The Kier molecular flexibility index (Phi) is 9.35. The second-order valence-corrected chi connectivity index (χ2v) is 7.51. The minimum Gasteiger partial charge on any atom is -0.475 e. The van der Waals surface area contributed by atoms with Crippen LogP contribution in [0.25, 0.3) is 0 Å². The molecule has 1 saturated heterocycles. The molecule has 1 aromatic heterocycles. The number of methoxy groups -OCH3 is 1. The molecule has 2 heterocycles. The minimum atomic E-state index is -0.143. The molecule has 1 aliphatic rings. The summed E-state index contributed by atoms with van der Waals surface area (Å²) in [6, 6.07) is 3.55. The Morgan fingerprint density at radius 2 is 2.00 bits per heavy atom. The molecular weight excluding hydrogens is 344 g/mol. The predicted molar refractivity (Wildman–Crippen MR) is 106 cm³/mol. The zero-order valence-electron chi connectivity index (χ0n) is 16.9. The van der Waals surface area contributed by atoms with Crippen LogP contribution in [-0.2, 0) is 11.3 Å². The first-order valence-corrected chi connectivity index (χ1v) is 9.87. The van der Waals surface area contributed by atoms with Gasteiger partial charge in [0, 0.05) is 45.6 Å². The number of carbonyl (C=O) groups is 1. The van der Waals surface area contributed by atoms with E-state index in [1.54, 1.807) is 19.4 Å². The Balaban J connectivity index is 1.56. The molecule has 1 fully saturated rings. The molecule has 2 atom stereocenters. The van der Waals surface area contributed by atoms with Gasteiger partial charge in [-0.15, -0.1) is 0 Å². The maximum absolute atomic E-state index is 11.9. The summed E-state index contributed by atoms with van der Waals surface area (Å²) in [5.74, 6) is 2.10. The van der Waals surface area contributed by atoms with E-state index in [0.717, 1.165) is 30.4 Å². The Bertz CT molecular complexity index is 543. The SMILES string of the molecule is COCCOc1ccc(CNC(=O)NCCCN2CC(C)CC(C)C2)cn1. The van der Waals surface area contributed by atoms with Crippen molar-refractivity contribution in [1.82, 2.24) is 20.5 Å². The standard InChI is InChI=1S/C20H34N4O3/c1-16-11-17(2)15-24(14-16)8-4-7-21-20(25)23-13-18-5-6-19(22-12-18)27-10-9-26-3/h5-6,12,16-17H,4,7-11,13-15H2,1-3H3,(H2,21,23,25). The summed E-state index contributed by atoms with van der Waals surface area (Å²) in [6.07, 6.45) is 4.01. The number of aromatic nitrogens is 1. The average molecular weight is 379 g/mol. The summed E-state index contributed by atoms with van der Waals surface area (Å²) < 4.78 is 10.3. The molecule has 2 rings (SSSR count). The average Bonchev–Trinajstić information content (AvgIpc) is 2.64. The summed E-state index contributed by atoms with van der Waals surface area (Å²) in [6.45, 7) is 10.2. The zero-order chi connectivity index (χ0) is 19.5. The second-order valence-electron chi connectivity index (χ2n) is 7.51. The van der Waals surface area contributed by atoms with Crippen molar-refractivity contribution < 1.29 is 14.3 Å². The Labute approximate surface area is 162 Å². The van der Waals surface area contributed by atoms with Crippen molar-refractivity contribution in [2.24, 2.45) is 11.8 Å². The van der Waals surface area contributed by atoms with Crippen LogP contribution in [0, 0.1) is 11.8 Å². The maximum atomic E-state index is 11.9. The van der Waals surface area contributed by atoms with E-state index >= 15 is 0 Å². The molecule has 0 aromatic carbocycles. The van der Waals surface area contributed by atoms with Crippen LogP contribution in [0.4, 0.5) is 4.79 Å². The van der Waals surface area contributed by atoms with Gasteiger partial charge < -0.3 is 25.0 Å². The first kappa shape index (κ1) is 21.4. The van der Waals surface area contributed by atoms with Gasteiger partial charge in [0.25, 0.3) is 0 Å². The molecule has 7 heteroatoms. The highest BCUT2D eigenvalue weighted by Crippen LogP contribution is 2.20. The summed E-state index contributed by atoms with van der Waals surface area (Å²) >= 11 is 0. The molecular formula is C20H34N4O3. The van der Waals surface area contributed by atoms with Crippen LogP contribution in [-0.4, -0.2) is 62.4 Å². The minimum absolute atomic E-state index is 0.143. The van der Waals surface area contributed by atoms with Crippen LogP contribution in [0.3, 0.4) is 0 Å². The molecule has 1 aromatic rings. The summed E-state index contributed by atoms with van der Waals surface area (Å²) in [4.78, 5) is 18.6. The van der Waals surface area contributed by atoms with Crippen LogP contribution >= 0.6 is 0 Å². The number of likely N-dealkylation sites (tertiary alicyclic amines) is 1. The number of piperidine rings is 1. The molecule has 0 saturated carbocycles. The number of hydrogen-bond acceptors (Lipinski definition) is 5. The molecule has 1 aliphatic heterocycles. The van der Waals surface area contributed by atoms with Crippen molar-refractivity contribution in [1.29, 1.82) is 0 Å². The number of hydrogen-bond donors (Lipinski definition) is 2. The third-order valence-corrected chi connectivity index (χ3v) is 4.67. The first-order valence-electron chi connectivity index (χ1n) is 9.87. The normalized spacial score (nSPS) is 20.3. The van der Waals surface area contributed by atoms with Crippen LogP contribution in [0.1, 0.15) is 32.3 Å². The first-order chi connectivity index (χ1) is 13.1. The van der Waals surface area contributed by atoms with Crippen molar-refractivity contribution in [3.63, 3.8) is 0 Å². The number of nitrogens with one attached hydrogen (secondary N) is 2. The zero-order valence-corrected chi connectivity index (χ0v) is 16.9. The van der Waals surface area contributed by atoms with Crippen molar-refractivity contribution in [2.75, 3.05) is 46.5 Å². The summed E-state index contributed by atoms with van der Waals surface area (Å²) in [7, 11) is 1.63. The van der Waals surface area contributed by atoms with Gasteiger partial charge in [0.1, 0.15) is 6.61 Å². The van der Waals surface area contributed by atoms with Gasteiger partial charge in [-0.2, -0.15) is 0 Å². The highest BCUT2D eigenvalue weighted by atomic mass is 16.5. The van der Waals surface area contributed by atoms with E-state index in [1.165, 1.54) is 19.5 Å². The van der Waals surface area contributed by atoms with Crippen molar-refractivity contribution in [3.8, 4) is 5.88 Å². The lowest BCUT2D eigenvalue weighted by atomic mass is 9.92. The largest absolute Gasteiger partial charge is 0.475 e. The van der Waals surface area contributed by atoms with Gasteiger partial charge in [0.2, 0.25) is 5.88 Å². The quantitative estimate of drug-likeness (QED) is 0.611. The Morgan fingerprint density at radius 1 is 1.22 bits per heavy atom. The number of carbonyl (C=O) groups excluding carboxylic acids is 1. The van der Waals surface area contributed by atoms with Gasteiger partial charge in [0.15, 0.2) is 0 Å². The van der Waals surface area contributed by atoms with E-state index in [1.807, 2.05) is 6.07 Å². The number of pyridine rings is 1. The summed E-state index contributed by atoms with van der Waals surface area (Å²) in [5.41, 5.74) is 0.931. The number of ether oxygens (including phenoxy) is 2. The fourth-order valence-electron chi connectivity index (χ4n) is 3.55. The van der Waals surface area contributed by atoms with E-state index in [2.05, 4.69) is 34.4 Å². The highest BCUT2D eigenvalue weighted by molar-refractivity contribution is 5.73. The van der Waals surface area contributed by atoms with Crippen LogP contribution in [0.2, 0.25) is 0 Å². The molecule has 0 aliphatic carbocycles. The fourth-order valence-corrected chi connectivity index (χ4v) is 3.55. The van der Waals surface area contributed by atoms with Gasteiger partial charge in [-0.1, -0.05) is 19.9 Å². The lowest BCUT2D eigenvalue weighted by Gasteiger charge is -2.34. The van der Waals surface area contributed by atoms with Gasteiger partial charge in [-0.25, -0.2) is 9.78 Å². The molecule has 0 radical (unpaired) electrons. The van der Waals surface area contributed by atoms with E-state index in [0.29, 0.717) is 32.2 Å². The molecule has 7 nitrogen and oxygen atoms in total. The third kappa shape index (κ3) is 8.58. The predicted octanol–water partition coefficient (Wildman–Crippen LogP) is 2.27. The van der Waals surface area contributed by atoms with E-state index in [9.17, 15) is 4.79 Å². The van der Waals surface area contributed by atoms with Crippen molar-refractivity contribution in [2.45, 2.75) is 33.2 Å². The van der Waals surface area contributed by atoms with Gasteiger partial charge >= 0.3 is 6.03 Å². The topological polar surface area (TPSA) is 75.7 Å². The lowest BCUT2D eigenvalue weighted by molar-refractivity contribution is 0.139. The Hall–Kier alpha value is -1.86. The van der Waals surface area contributed by atoms with Gasteiger partial charge in [-0.3, -0.25) is 0 Å². The van der Waals surface area contributed by atoms with Crippen LogP contribution < -0.4 is 15.4 Å². The maximum Gasteiger partial charge on any atom is 0.315 e. The molecule has 2 N–H and O–H groups in total. The van der Waals surface area contributed by atoms with Crippen molar-refractivity contribution >= 4 is 6.03 Å². The molecule has 27 heavy (non-hydrogen) atoms. The monoisotopic (exact) mass is 378 g/mol. The highest BCUT2D eigenvalue weighted by Gasteiger charge is 2.20. The number of nitrogens with zero attached hydrogens (tertiary/aromatic N) is 2. The Morgan fingerprint density at radius 3 is 2.67 bits per heavy atom. The summed E-state index contributed by atoms with van der Waals surface area (Å²) in [5, 5.41) is 5.78. The van der Waals surface area contributed by atoms with E-state index < -0.39 is 0 Å². The van der Waals surface area contributed by atoms with E-state index in [-0.39, 0.29) is 6.03 Å². The van der Waals surface area contributed by atoms with Gasteiger partial charge in [0.05, 0.1) is 6.61 Å². The molecule has 0 spiro atoms.